The van der Waals surface area contributed by atoms with E-state index in [1.54, 1.807) is 25.1 Å². The van der Waals surface area contributed by atoms with E-state index in [0.717, 1.165) is 0 Å². The molecule has 3 amide bonds. The van der Waals surface area contributed by atoms with E-state index in [-0.39, 0.29) is 0 Å². The Morgan fingerprint density at radius 2 is 2.00 bits per heavy atom. The summed E-state index contributed by atoms with van der Waals surface area (Å²) in [5, 5.41) is 7.93. The molecule has 1 aromatic carbocycles. The predicted molar refractivity (Wildman–Crippen MR) is 76.5 cm³/mol. The lowest BCUT2D eigenvalue weighted by Crippen LogP contribution is -2.36. The number of amides is 3. The number of rotatable bonds is 6. The van der Waals surface area contributed by atoms with E-state index >= 15 is 0 Å². The standard InChI is InChI=1S/C13H16ClN3O3/c1-9-10(14)4-2-5-11(9)17-13(20)12(19)16-7-3-6-15-8-18/h2,4-5,8H,3,6-7H2,1H3,(H,15,18)(H,16,19)(H,17,20). The second-order valence-electron chi connectivity index (χ2n) is 4.05. The number of hydrogen-bond acceptors (Lipinski definition) is 3. The highest BCUT2D eigenvalue weighted by molar-refractivity contribution is 6.40. The van der Waals surface area contributed by atoms with Crippen molar-refractivity contribution in [2.45, 2.75) is 13.3 Å². The minimum absolute atomic E-state index is 0.307. The SMILES string of the molecule is Cc1c(Cl)cccc1NC(=O)C(=O)NCCCNC=O. The number of hydrogen-bond donors (Lipinski definition) is 3. The lowest BCUT2D eigenvalue weighted by molar-refractivity contribution is -0.136. The second-order valence-corrected chi connectivity index (χ2v) is 4.46. The van der Waals surface area contributed by atoms with Gasteiger partial charge in [0.1, 0.15) is 0 Å². The summed E-state index contributed by atoms with van der Waals surface area (Å²) in [5.41, 5.74) is 1.20. The molecule has 108 valence electrons. The van der Waals surface area contributed by atoms with Crippen LogP contribution in [0.25, 0.3) is 0 Å². The van der Waals surface area contributed by atoms with Gasteiger partial charge in [-0.05, 0) is 31.0 Å². The van der Waals surface area contributed by atoms with Crippen LogP contribution in [0.15, 0.2) is 18.2 Å². The highest BCUT2D eigenvalue weighted by Crippen LogP contribution is 2.22. The molecule has 20 heavy (non-hydrogen) atoms. The van der Waals surface area contributed by atoms with Gasteiger partial charge in [0.25, 0.3) is 0 Å². The van der Waals surface area contributed by atoms with Gasteiger partial charge in [0, 0.05) is 23.8 Å². The van der Waals surface area contributed by atoms with Gasteiger partial charge in [0.15, 0.2) is 0 Å². The van der Waals surface area contributed by atoms with E-state index in [1.807, 2.05) is 0 Å². The zero-order chi connectivity index (χ0) is 15.0. The van der Waals surface area contributed by atoms with Crippen LogP contribution in [-0.2, 0) is 14.4 Å². The molecule has 1 rings (SSSR count). The van der Waals surface area contributed by atoms with Gasteiger partial charge in [0.05, 0.1) is 0 Å². The van der Waals surface area contributed by atoms with Gasteiger partial charge in [-0.25, -0.2) is 0 Å². The van der Waals surface area contributed by atoms with Crippen molar-refractivity contribution in [3.05, 3.63) is 28.8 Å². The molecule has 0 aliphatic heterocycles. The van der Waals surface area contributed by atoms with Crippen LogP contribution in [0.3, 0.4) is 0 Å². The summed E-state index contributed by atoms with van der Waals surface area (Å²) < 4.78 is 0. The van der Waals surface area contributed by atoms with Gasteiger partial charge in [-0.2, -0.15) is 0 Å². The van der Waals surface area contributed by atoms with Crippen molar-refractivity contribution < 1.29 is 14.4 Å². The summed E-state index contributed by atoms with van der Waals surface area (Å²) in [5.74, 6) is -1.48. The summed E-state index contributed by atoms with van der Waals surface area (Å²) in [6.07, 6.45) is 1.13. The summed E-state index contributed by atoms with van der Waals surface area (Å²) in [6, 6.07) is 5.06. The van der Waals surface area contributed by atoms with Crippen LogP contribution in [0.5, 0.6) is 0 Å². The molecule has 0 spiro atoms. The number of halogens is 1. The van der Waals surface area contributed by atoms with Gasteiger partial charge >= 0.3 is 11.8 Å². The Bertz CT molecular complexity index is 506. The van der Waals surface area contributed by atoms with Gasteiger partial charge in [0.2, 0.25) is 6.41 Å². The third-order valence-corrected chi connectivity index (χ3v) is 3.00. The molecular weight excluding hydrogens is 282 g/mol. The highest BCUT2D eigenvalue weighted by Gasteiger charge is 2.14. The molecule has 6 nitrogen and oxygen atoms in total. The lowest BCUT2D eigenvalue weighted by atomic mass is 10.2. The molecule has 0 saturated carbocycles. The first-order valence-electron chi connectivity index (χ1n) is 6.07. The molecule has 1 aromatic rings. The Labute approximate surface area is 121 Å². The molecule has 0 aliphatic rings. The van der Waals surface area contributed by atoms with Crippen molar-refractivity contribution in [3.8, 4) is 0 Å². The maximum absolute atomic E-state index is 11.7. The molecule has 0 radical (unpaired) electrons. The predicted octanol–water partition coefficient (Wildman–Crippen LogP) is 0.839. The van der Waals surface area contributed by atoms with E-state index < -0.39 is 11.8 Å². The number of nitrogens with one attached hydrogen (secondary N) is 3. The number of carbonyl (C=O) groups is 3. The number of anilines is 1. The molecule has 0 aliphatic carbocycles. The van der Waals surface area contributed by atoms with Crippen LogP contribution in [0.1, 0.15) is 12.0 Å². The molecule has 0 fully saturated rings. The molecule has 0 atom stereocenters. The maximum Gasteiger partial charge on any atom is 0.313 e. The van der Waals surface area contributed by atoms with Crippen LogP contribution in [0.4, 0.5) is 5.69 Å². The first kappa shape index (κ1) is 16.0. The first-order chi connectivity index (χ1) is 9.56. The topological polar surface area (TPSA) is 87.3 Å². The van der Waals surface area contributed by atoms with Crippen molar-refractivity contribution in [1.82, 2.24) is 10.6 Å². The summed E-state index contributed by atoms with van der Waals surface area (Å²) >= 11 is 5.92. The van der Waals surface area contributed by atoms with E-state index in [9.17, 15) is 14.4 Å². The Kier molecular flexibility index (Phi) is 6.52. The fraction of sp³-hybridized carbons (Fsp3) is 0.308. The van der Waals surface area contributed by atoms with Crippen LogP contribution >= 0.6 is 11.6 Å². The summed E-state index contributed by atoms with van der Waals surface area (Å²) in [6.45, 7) is 2.50. The average Bonchev–Trinajstić information content (AvgIpc) is 2.43. The zero-order valence-corrected chi connectivity index (χ0v) is 11.8. The molecule has 0 saturated heterocycles. The molecule has 0 unspecified atom stereocenters. The van der Waals surface area contributed by atoms with Crippen molar-refractivity contribution in [2.75, 3.05) is 18.4 Å². The van der Waals surface area contributed by atoms with Gasteiger partial charge in [-0.15, -0.1) is 0 Å². The normalized spacial score (nSPS) is 9.70. The van der Waals surface area contributed by atoms with Crippen molar-refractivity contribution in [2.24, 2.45) is 0 Å². The monoisotopic (exact) mass is 297 g/mol. The van der Waals surface area contributed by atoms with Gasteiger partial charge in [-0.3, -0.25) is 14.4 Å². The van der Waals surface area contributed by atoms with E-state index in [2.05, 4.69) is 16.0 Å². The van der Waals surface area contributed by atoms with Crippen LogP contribution in [-0.4, -0.2) is 31.3 Å². The summed E-state index contributed by atoms with van der Waals surface area (Å²) in [7, 11) is 0. The molecule has 0 bridgehead atoms. The van der Waals surface area contributed by atoms with Gasteiger partial charge < -0.3 is 16.0 Å². The lowest BCUT2D eigenvalue weighted by Gasteiger charge is -2.09. The second kappa shape index (κ2) is 8.16. The Balaban J connectivity index is 2.43. The van der Waals surface area contributed by atoms with Crippen molar-refractivity contribution >= 4 is 35.5 Å². The van der Waals surface area contributed by atoms with Crippen LogP contribution in [0, 0.1) is 6.92 Å². The molecular formula is C13H16ClN3O3. The quantitative estimate of drug-likeness (QED) is 0.413. The van der Waals surface area contributed by atoms with E-state index in [0.29, 0.717) is 42.2 Å². The zero-order valence-electron chi connectivity index (χ0n) is 11.0. The van der Waals surface area contributed by atoms with Crippen LogP contribution in [0.2, 0.25) is 5.02 Å². The molecule has 0 heterocycles. The smallest absolute Gasteiger partial charge is 0.313 e. The third-order valence-electron chi connectivity index (χ3n) is 2.59. The summed E-state index contributed by atoms with van der Waals surface area (Å²) in [4.78, 5) is 33.2. The van der Waals surface area contributed by atoms with Gasteiger partial charge in [-0.1, -0.05) is 17.7 Å². The average molecular weight is 298 g/mol. The van der Waals surface area contributed by atoms with E-state index in [1.165, 1.54) is 0 Å². The van der Waals surface area contributed by atoms with Crippen LogP contribution < -0.4 is 16.0 Å². The Morgan fingerprint density at radius 3 is 2.70 bits per heavy atom. The van der Waals surface area contributed by atoms with Crippen molar-refractivity contribution in [1.29, 1.82) is 0 Å². The maximum atomic E-state index is 11.7. The highest BCUT2D eigenvalue weighted by atomic mass is 35.5. The number of carbonyl (C=O) groups excluding carboxylic acids is 3. The fourth-order valence-corrected chi connectivity index (χ4v) is 1.63. The molecule has 0 aromatic heterocycles. The molecule has 3 N–H and O–H groups in total. The first-order valence-corrected chi connectivity index (χ1v) is 6.45. The van der Waals surface area contributed by atoms with Crippen molar-refractivity contribution in [3.63, 3.8) is 0 Å². The Hall–Kier alpha value is -2.08. The Morgan fingerprint density at radius 1 is 1.25 bits per heavy atom. The van der Waals surface area contributed by atoms with E-state index in [4.69, 9.17) is 11.6 Å². The third kappa shape index (κ3) is 4.89. The number of benzene rings is 1. The largest absolute Gasteiger partial charge is 0.359 e. The minimum atomic E-state index is -0.751. The minimum Gasteiger partial charge on any atom is -0.359 e. The molecule has 7 heteroatoms. The fourth-order valence-electron chi connectivity index (χ4n) is 1.45.